The zero-order chi connectivity index (χ0) is 12.0. The molecule has 16 heavy (non-hydrogen) atoms. The number of nitrogens with two attached hydrogens (primary N) is 1. The Bertz CT molecular complexity index is 366. The zero-order valence-corrected chi connectivity index (χ0v) is 11.0. The van der Waals surface area contributed by atoms with Crippen LogP contribution in [0.3, 0.4) is 0 Å². The largest absolute Gasteiger partial charge is 0.398 e. The third-order valence-corrected chi connectivity index (χ3v) is 3.43. The highest BCUT2D eigenvalue weighted by Gasteiger charge is 2.02. The molecular formula is C12H17ClN2S. The van der Waals surface area contributed by atoms with Gasteiger partial charge in [-0.1, -0.05) is 17.7 Å². The van der Waals surface area contributed by atoms with Crippen molar-refractivity contribution in [3.63, 3.8) is 0 Å². The van der Waals surface area contributed by atoms with Crippen LogP contribution in [0.15, 0.2) is 24.8 Å². The van der Waals surface area contributed by atoms with Crippen molar-refractivity contribution in [2.45, 2.75) is 6.92 Å². The summed E-state index contributed by atoms with van der Waals surface area (Å²) in [5.41, 5.74) is 8.51. The van der Waals surface area contributed by atoms with Crippen LogP contribution in [-0.4, -0.2) is 18.1 Å². The molecule has 0 aliphatic heterocycles. The third kappa shape index (κ3) is 3.99. The predicted molar refractivity (Wildman–Crippen MR) is 76.6 cm³/mol. The standard InChI is InChI=1S/C12H17ClN2S/c1-3-5-16-6-4-15-12-8-10(13)11(14)7-9(12)2/h3,7-8,15H,1,4-6,14H2,2H3. The second-order valence-corrected chi connectivity index (χ2v) is 5.04. The van der Waals surface area contributed by atoms with Crippen LogP contribution < -0.4 is 11.1 Å². The van der Waals surface area contributed by atoms with Gasteiger partial charge in [0.25, 0.3) is 0 Å². The van der Waals surface area contributed by atoms with E-state index >= 15 is 0 Å². The van der Waals surface area contributed by atoms with E-state index in [1.54, 1.807) is 0 Å². The number of rotatable bonds is 6. The fourth-order valence-electron chi connectivity index (χ4n) is 1.32. The lowest BCUT2D eigenvalue weighted by molar-refractivity contribution is 1.21. The smallest absolute Gasteiger partial charge is 0.0656 e. The average molecular weight is 257 g/mol. The highest BCUT2D eigenvalue weighted by Crippen LogP contribution is 2.26. The molecule has 0 spiro atoms. The Morgan fingerprint density at radius 2 is 2.31 bits per heavy atom. The lowest BCUT2D eigenvalue weighted by atomic mass is 10.2. The lowest BCUT2D eigenvalue weighted by Gasteiger charge is -2.11. The maximum absolute atomic E-state index is 5.96. The molecule has 0 fully saturated rings. The van der Waals surface area contributed by atoms with E-state index in [1.807, 2.05) is 36.9 Å². The van der Waals surface area contributed by atoms with Crippen LogP contribution in [0.4, 0.5) is 11.4 Å². The fraction of sp³-hybridized carbons (Fsp3) is 0.333. The van der Waals surface area contributed by atoms with E-state index in [1.165, 1.54) is 0 Å². The van der Waals surface area contributed by atoms with Crippen molar-refractivity contribution in [2.75, 3.05) is 29.1 Å². The van der Waals surface area contributed by atoms with Gasteiger partial charge in [-0.2, -0.15) is 11.8 Å². The number of anilines is 2. The maximum Gasteiger partial charge on any atom is 0.0656 e. The number of hydrogen-bond donors (Lipinski definition) is 2. The summed E-state index contributed by atoms with van der Waals surface area (Å²) >= 11 is 7.81. The molecule has 3 N–H and O–H groups in total. The van der Waals surface area contributed by atoms with E-state index in [0.717, 1.165) is 29.3 Å². The minimum absolute atomic E-state index is 0.604. The highest BCUT2D eigenvalue weighted by molar-refractivity contribution is 7.99. The number of benzene rings is 1. The van der Waals surface area contributed by atoms with Crippen LogP contribution in [0.25, 0.3) is 0 Å². The quantitative estimate of drug-likeness (QED) is 0.464. The molecule has 0 heterocycles. The van der Waals surface area contributed by atoms with Gasteiger partial charge >= 0.3 is 0 Å². The SMILES string of the molecule is C=CCSCCNc1cc(Cl)c(N)cc1C. The summed E-state index contributed by atoms with van der Waals surface area (Å²) in [5.74, 6) is 2.04. The van der Waals surface area contributed by atoms with E-state index in [2.05, 4.69) is 11.9 Å². The second kappa shape index (κ2) is 6.71. The summed E-state index contributed by atoms with van der Waals surface area (Å²) in [6, 6.07) is 3.77. The molecule has 1 rings (SSSR count). The number of aryl methyl sites for hydroxylation is 1. The molecule has 0 amide bonds. The summed E-state index contributed by atoms with van der Waals surface area (Å²) in [6.07, 6.45) is 1.91. The van der Waals surface area contributed by atoms with Crippen molar-refractivity contribution >= 4 is 34.7 Å². The minimum atomic E-state index is 0.604. The Labute approximate surface area is 106 Å². The first-order valence-electron chi connectivity index (χ1n) is 5.13. The Kier molecular flexibility index (Phi) is 5.56. The molecule has 0 atom stereocenters. The van der Waals surface area contributed by atoms with Crippen molar-refractivity contribution in [2.24, 2.45) is 0 Å². The summed E-state index contributed by atoms with van der Waals surface area (Å²) in [6.45, 7) is 6.62. The van der Waals surface area contributed by atoms with Crippen LogP contribution in [0, 0.1) is 6.92 Å². The number of halogens is 1. The first-order valence-corrected chi connectivity index (χ1v) is 6.66. The highest BCUT2D eigenvalue weighted by atomic mass is 35.5. The van der Waals surface area contributed by atoms with Gasteiger partial charge in [0.1, 0.15) is 0 Å². The summed E-state index contributed by atoms with van der Waals surface area (Å²) in [7, 11) is 0. The Balaban J connectivity index is 2.47. The van der Waals surface area contributed by atoms with Gasteiger partial charge in [0, 0.05) is 23.7 Å². The first-order chi connectivity index (χ1) is 7.65. The van der Waals surface area contributed by atoms with Gasteiger partial charge in [0.2, 0.25) is 0 Å². The molecule has 0 saturated heterocycles. The average Bonchev–Trinajstić information content (AvgIpc) is 2.25. The summed E-state index contributed by atoms with van der Waals surface area (Å²) in [4.78, 5) is 0. The molecule has 1 aromatic rings. The zero-order valence-electron chi connectivity index (χ0n) is 9.42. The van der Waals surface area contributed by atoms with Crippen LogP contribution >= 0.6 is 23.4 Å². The van der Waals surface area contributed by atoms with Crippen LogP contribution in [-0.2, 0) is 0 Å². The minimum Gasteiger partial charge on any atom is -0.398 e. The molecule has 0 aliphatic rings. The maximum atomic E-state index is 5.96. The van der Waals surface area contributed by atoms with Crippen molar-refractivity contribution in [1.29, 1.82) is 0 Å². The van der Waals surface area contributed by atoms with Gasteiger partial charge in [-0.25, -0.2) is 0 Å². The van der Waals surface area contributed by atoms with Crippen LogP contribution in [0.1, 0.15) is 5.56 Å². The molecule has 0 bridgehead atoms. The van der Waals surface area contributed by atoms with Gasteiger partial charge in [0.15, 0.2) is 0 Å². The summed E-state index contributed by atoms with van der Waals surface area (Å²) < 4.78 is 0. The topological polar surface area (TPSA) is 38.0 Å². The number of thioether (sulfide) groups is 1. The third-order valence-electron chi connectivity index (χ3n) is 2.14. The number of nitrogen functional groups attached to an aromatic ring is 1. The monoisotopic (exact) mass is 256 g/mol. The lowest BCUT2D eigenvalue weighted by Crippen LogP contribution is -2.06. The molecule has 88 valence electrons. The van der Waals surface area contributed by atoms with Crippen LogP contribution in [0.2, 0.25) is 5.02 Å². The van der Waals surface area contributed by atoms with Crippen molar-refractivity contribution in [3.05, 3.63) is 35.4 Å². The normalized spacial score (nSPS) is 10.1. The van der Waals surface area contributed by atoms with Gasteiger partial charge in [0.05, 0.1) is 10.7 Å². The van der Waals surface area contributed by atoms with Crippen LogP contribution in [0.5, 0.6) is 0 Å². The molecule has 0 aliphatic carbocycles. The van der Waals surface area contributed by atoms with E-state index in [9.17, 15) is 0 Å². The molecule has 4 heteroatoms. The molecule has 1 aromatic carbocycles. The first kappa shape index (κ1) is 13.3. The molecule has 0 aromatic heterocycles. The molecule has 0 saturated carbocycles. The van der Waals surface area contributed by atoms with Crippen molar-refractivity contribution in [1.82, 2.24) is 0 Å². The van der Waals surface area contributed by atoms with Gasteiger partial charge in [-0.3, -0.25) is 0 Å². The molecular weight excluding hydrogens is 240 g/mol. The molecule has 0 radical (unpaired) electrons. The number of nitrogens with one attached hydrogen (secondary N) is 1. The van der Waals surface area contributed by atoms with Gasteiger partial charge in [-0.15, -0.1) is 6.58 Å². The Morgan fingerprint density at radius 1 is 1.56 bits per heavy atom. The van der Waals surface area contributed by atoms with E-state index in [0.29, 0.717) is 10.7 Å². The Hall–Kier alpha value is -0.800. The molecule has 0 unspecified atom stereocenters. The van der Waals surface area contributed by atoms with Gasteiger partial charge < -0.3 is 11.1 Å². The second-order valence-electron chi connectivity index (χ2n) is 3.48. The molecule has 2 nitrogen and oxygen atoms in total. The van der Waals surface area contributed by atoms with Gasteiger partial charge in [-0.05, 0) is 24.6 Å². The van der Waals surface area contributed by atoms with Crippen molar-refractivity contribution in [3.8, 4) is 0 Å². The van der Waals surface area contributed by atoms with E-state index in [-0.39, 0.29) is 0 Å². The van der Waals surface area contributed by atoms with E-state index in [4.69, 9.17) is 17.3 Å². The fourth-order valence-corrected chi connectivity index (χ4v) is 2.06. The number of hydrogen-bond acceptors (Lipinski definition) is 3. The summed E-state index contributed by atoms with van der Waals surface area (Å²) in [5, 5.41) is 3.95. The van der Waals surface area contributed by atoms with E-state index < -0.39 is 0 Å². The van der Waals surface area contributed by atoms with Crippen molar-refractivity contribution < 1.29 is 0 Å². The predicted octanol–water partition coefficient (Wildman–Crippen LogP) is 3.56. The Morgan fingerprint density at radius 3 is 3.00 bits per heavy atom.